The van der Waals surface area contributed by atoms with Crippen molar-refractivity contribution in [2.24, 2.45) is 0 Å². The van der Waals surface area contributed by atoms with E-state index in [1.807, 2.05) is 36.4 Å². The second kappa shape index (κ2) is 8.84. The molecule has 0 fully saturated rings. The quantitative estimate of drug-likeness (QED) is 0.584. The van der Waals surface area contributed by atoms with E-state index in [9.17, 15) is 9.59 Å². The third kappa shape index (κ3) is 4.31. The van der Waals surface area contributed by atoms with Crippen molar-refractivity contribution in [3.63, 3.8) is 0 Å². The van der Waals surface area contributed by atoms with Crippen LogP contribution in [0.25, 0.3) is 16.7 Å². The van der Waals surface area contributed by atoms with Gasteiger partial charge in [-0.25, -0.2) is 4.79 Å². The first-order chi connectivity index (χ1) is 14.5. The molecule has 4 rings (SSSR count). The molecule has 1 aliphatic rings. The van der Waals surface area contributed by atoms with E-state index in [1.165, 1.54) is 5.56 Å². The number of H-pyrrole nitrogens is 1. The minimum Gasteiger partial charge on any atom is -0.305 e. The number of fused-ring (bicyclic) bond motifs is 1. The van der Waals surface area contributed by atoms with Crippen LogP contribution in [0.3, 0.4) is 0 Å². The highest BCUT2D eigenvalue weighted by Gasteiger charge is 2.17. The molecule has 5 heteroatoms. The summed E-state index contributed by atoms with van der Waals surface area (Å²) in [5, 5.41) is 0. The number of aromatic nitrogens is 2. The van der Waals surface area contributed by atoms with E-state index in [-0.39, 0.29) is 11.5 Å². The van der Waals surface area contributed by atoms with E-state index in [1.54, 1.807) is 4.57 Å². The zero-order chi connectivity index (χ0) is 21.1. The van der Waals surface area contributed by atoms with Gasteiger partial charge in [0.05, 0.1) is 11.0 Å². The zero-order valence-electron chi connectivity index (χ0n) is 17.7. The molecule has 156 valence electrons. The molecule has 0 saturated carbocycles. The van der Waals surface area contributed by atoms with Crippen LogP contribution in [-0.2, 0) is 0 Å². The Morgan fingerprint density at radius 2 is 1.87 bits per heavy atom. The largest absolute Gasteiger partial charge is 0.330 e. The summed E-state index contributed by atoms with van der Waals surface area (Å²) in [6, 6.07) is 15.8. The van der Waals surface area contributed by atoms with Gasteiger partial charge in [0, 0.05) is 37.2 Å². The predicted molar refractivity (Wildman–Crippen MR) is 122 cm³/mol. The lowest BCUT2D eigenvalue weighted by atomic mass is 9.99. The van der Waals surface area contributed by atoms with Gasteiger partial charge >= 0.3 is 5.69 Å². The molecule has 0 aliphatic carbocycles. The Kier molecular flexibility index (Phi) is 6.00. The van der Waals surface area contributed by atoms with E-state index in [0.29, 0.717) is 12.3 Å². The van der Waals surface area contributed by atoms with Crippen molar-refractivity contribution in [2.45, 2.75) is 39.0 Å². The molecule has 1 aromatic heterocycles. The van der Waals surface area contributed by atoms with Crippen molar-refractivity contribution >= 4 is 22.5 Å². The van der Waals surface area contributed by atoms with Crippen molar-refractivity contribution in [3.8, 4) is 0 Å². The summed E-state index contributed by atoms with van der Waals surface area (Å²) in [5.41, 5.74) is 4.83. The number of para-hydroxylation sites is 2. The number of carbonyl (C=O) groups is 1. The molecule has 30 heavy (non-hydrogen) atoms. The van der Waals surface area contributed by atoms with Crippen molar-refractivity contribution in [2.75, 3.05) is 19.6 Å². The highest BCUT2D eigenvalue weighted by atomic mass is 16.1. The summed E-state index contributed by atoms with van der Waals surface area (Å²) in [7, 11) is 0. The van der Waals surface area contributed by atoms with E-state index < -0.39 is 0 Å². The van der Waals surface area contributed by atoms with Crippen molar-refractivity contribution in [1.82, 2.24) is 14.5 Å². The Hall–Kier alpha value is -2.92. The van der Waals surface area contributed by atoms with Crippen molar-refractivity contribution in [3.05, 3.63) is 76.2 Å². The molecule has 0 atom stereocenters. The minimum absolute atomic E-state index is 0.0787. The van der Waals surface area contributed by atoms with Crippen LogP contribution in [-0.4, -0.2) is 39.9 Å². The summed E-state index contributed by atoms with van der Waals surface area (Å²) in [6.07, 6.45) is 4.38. The first-order valence-electron chi connectivity index (χ1n) is 10.8. The van der Waals surface area contributed by atoms with E-state index in [0.717, 1.165) is 54.8 Å². The molecule has 5 nitrogen and oxygen atoms in total. The van der Waals surface area contributed by atoms with Gasteiger partial charge in [0.1, 0.15) is 0 Å². The minimum atomic E-state index is -0.0787. The second-order valence-electron chi connectivity index (χ2n) is 8.33. The SMILES string of the molecule is CC(C)c1ccc(C(=O)CCCN2CC=C(n3c(=O)[nH]c4ccccc43)CC2)cc1. The first-order valence-corrected chi connectivity index (χ1v) is 10.8. The average molecular weight is 404 g/mol. The van der Waals surface area contributed by atoms with Crippen LogP contribution in [0.4, 0.5) is 0 Å². The van der Waals surface area contributed by atoms with E-state index >= 15 is 0 Å². The van der Waals surface area contributed by atoms with Crippen LogP contribution in [0.15, 0.2) is 59.4 Å². The van der Waals surface area contributed by atoms with Gasteiger partial charge in [0.15, 0.2) is 5.78 Å². The molecule has 3 aromatic rings. The predicted octanol–water partition coefficient (Wildman–Crippen LogP) is 4.66. The van der Waals surface area contributed by atoms with Crippen LogP contribution in [0.1, 0.15) is 54.9 Å². The topological polar surface area (TPSA) is 58.1 Å². The van der Waals surface area contributed by atoms with Gasteiger partial charge in [-0.1, -0.05) is 56.3 Å². The number of ketones is 1. The van der Waals surface area contributed by atoms with Gasteiger partial charge in [-0.05, 0) is 36.6 Å². The van der Waals surface area contributed by atoms with Gasteiger partial charge < -0.3 is 4.98 Å². The van der Waals surface area contributed by atoms with Crippen LogP contribution >= 0.6 is 0 Å². The van der Waals surface area contributed by atoms with E-state index in [2.05, 4.69) is 41.9 Å². The fraction of sp³-hybridized carbons (Fsp3) is 0.360. The van der Waals surface area contributed by atoms with Crippen molar-refractivity contribution in [1.29, 1.82) is 0 Å². The van der Waals surface area contributed by atoms with Crippen molar-refractivity contribution < 1.29 is 4.79 Å². The third-order valence-corrected chi connectivity index (χ3v) is 5.92. The number of imidazole rings is 1. The Morgan fingerprint density at radius 1 is 1.10 bits per heavy atom. The summed E-state index contributed by atoms with van der Waals surface area (Å²) in [4.78, 5) is 30.1. The summed E-state index contributed by atoms with van der Waals surface area (Å²) >= 11 is 0. The number of rotatable bonds is 7. The van der Waals surface area contributed by atoms with Crippen LogP contribution in [0.5, 0.6) is 0 Å². The molecule has 0 amide bonds. The van der Waals surface area contributed by atoms with Gasteiger partial charge in [-0.3, -0.25) is 14.3 Å². The van der Waals surface area contributed by atoms with Gasteiger partial charge in [0.25, 0.3) is 0 Å². The van der Waals surface area contributed by atoms with Crippen LogP contribution in [0, 0.1) is 0 Å². The lowest BCUT2D eigenvalue weighted by Gasteiger charge is -2.26. The number of benzene rings is 2. The number of nitrogens with zero attached hydrogens (tertiary/aromatic N) is 2. The van der Waals surface area contributed by atoms with Crippen LogP contribution < -0.4 is 5.69 Å². The Balaban J connectivity index is 1.31. The average Bonchev–Trinajstić information content (AvgIpc) is 3.10. The molecule has 0 saturated heterocycles. The lowest BCUT2D eigenvalue weighted by molar-refractivity contribution is 0.0975. The molecule has 0 radical (unpaired) electrons. The maximum absolute atomic E-state index is 12.5. The first kappa shape index (κ1) is 20.4. The molecule has 2 aromatic carbocycles. The highest BCUT2D eigenvalue weighted by Crippen LogP contribution is 2.20. The molecule has 0 bridgehead atoms. The van der Waals surface area contributed by atoms with Gasteiger partial charge in [0.2, 0.25) is 0 Å². The summed E-state index contributed by atoms with van der Waals surface area (Å²) in [6.45, 7) is 6.91. The smallest absolute Gasteiger partial charge is 0.305 e. The van der Waals surface area contributed by atoms with Gasteiger partial charge in [-0.2, -0.15) is 0 Å². The normalized spacial score (nSPS) is 15.0. The van der Waals surface area contributed by atoms with Gasteiger partial charge in [-0.15, -0.1) is 0 Å². The standard InChI is InChI=1S/C25H29N3O2/c1-18(2)19-9-11-20(12-10-19)24(29)8-5-15-27-16-13-21(14-17-27)28-23-7-4-3-6-22(23)26-25(28)30/h3-4,6-7,9-13,18H,5,8,14-17H2,1-2H3,(H,26,30). The number of nitrogens with one attached hydrogen (secondary N) is 1. The molecule has 1 aliphatic heterocycles. The number of aromatic amines is 1. The summed E-state index contributed by atoms with van der Waals surface area (Å²) < 4.78 is 1.79. The molecular weight excluding hydrogens is 374 g/mol. The molecule has 0 spiro atoms. The highest BCUT2D eigenvalue weighted by molar-refractivity contribution is 5.96. The monoisotopic (exact) mass is 403 g/mol. The Labute approximate surface area is 177 Å². The number of Topliss-reactive ketones (excluding diaryl/α,β-unsaturated/α-hetero) is 1. The zero-order valence-corrected chi connectivity index (χ0v) is 17.7. The fourth-order valence-corrected chi connectivity index (χ4v) is 4.11. The molecule has 1 N–H and O–H groups in total. The molecule has 2 heterocycles. The number of hydrogen-bond donors (Lipinski definition) is 1. The van der Waals surface area contributed by atoms with Crippen LogP contribution in [0.2, 0.25) is 0 Å². The summed E-state index contributed by atoms with van der Waals surface area (Å²) in [5.74, 6) is 0.690. The third-order valence-electron chi connectivity index (χ3n) is 5.92. The number of carbonyl (C=O) groups excluding carboxylic acids is 1. The Bertz CT molecular complexity index is 1120. The molecular formula is C25H29N3O2. The number of hydrogen-bond acceptors (Lipinski definition) is 3. The molecule has 0 unspecified atom stereocenters. The Morgan fingerprint density at radius 3 is 2.57 bits per heavy atom. The maximum atomic E-state index is 12.5. The second-order valence-corrected chi connectivity index (χ2v) is 8.33. The lowest BCUT2D eigenvalue weighted by Crippen LogP contribution is -2.32. The maximum Gasteiger partial charge on any atom is 0.330 e. The fourth-order valence-electron chi connectivity index (χ4n) is 4.11. The van der Waals surface area contributed by atoms with E-state index in [4.69, 9.17) is 0 Å².